The van der Waals surface area contributed by atoms with Gasteiger partial charge in [0.15, 0.2) is 0 Å². The van der Waals surface area contributed by atoms with Crippen molar-refractivity contribution in [2.45, 2.75) is 33.2 Å². The molecule has 1 atom stereocenters. The van der Waals surface area contributed by atoms with Crippen LogP contribution in [0.3, 0.4) is 0 Å². The van der Waals surface area contributed by atoms with Gasteiger partial charge < -0.3 is 5.32 Å². The second-order valence-electron chi connectivity index (χ2n) is 5.34. The lowest BCUT2D eigenvalue weighted by atomic mass is 9.85. The molecule has 0 aliphatic carbocycles. The van der Waals surface area contributed by atoms with Crippen LogP contribution in [0.5, 0.6) is 0 Å². The van der Waals surface area contributed by atoms with Gasteiger partial charge in [0.05, 0.1) is 11.6 Å². The van der Waals surface area contributed by atoms with Crippen molar-refractivity contribution in [2.24, 2.45) is 5.41 Å². The fourth-order valence-electron chi connectivity index (χ4n) is 1.79. The summed E-state index contributed by atoms with van der Waals surface area (Å²) in [6.45, 7) is 6.71. The maximum atomic E-state index is 8.75. The van der Waals surface area contributed by atoms with Crippen molar-refractivity contribution < 1.29 is 0 Å². The van der Waals surface area contributed by atoms with Crippen LogP contribution in [0.2, 0.25) is 0 Å². The van der Waals surface area contributed by atoms with E-state index in [0.29, 0.717) is 11.5 Å². The van der Waals surface area contributed by atoms with E-state index in [9.17, 15) is 0 Å². The van der Waals surface area contributed by atoms with Gasteiger partial charge in [0.1, 0.15) is 0 Å². The SMILES string of the molecule is CNC(CC(C)(C)C)c1ccc(C#N)cc1. The van der Waals surface area contributed by atoms with E-state index in [4.69, 9.17) is 5.26 Å². The van der Waals surface area contributed by atoms with Gasteiger partial charge >= 0.3 is 0 Å². The Kier molecular flexibility index (Phi) is 4.09. The molecule has 1 N–H and O–H groups in total. The normalized spacial score (nSPS) is 13.2. The first kappa shape index (κ1) is 12.7. The van der Waals surface area contributed by atoms with Gasteiger partial charge in [0, 0.05) is 6.04 Å². The van der Waals surface area contributed by atoms with Gasteiger partial charge in [0.25, 0.3) is 0 Å². The van der Waals surface area contributed by atoms with Crippen LogP contribution in [0.1, 0.15) is 44.4 Å². The highest BCUT2D eigenvalue weighted by atomic mass is 14.9. The summed E-state index contributed by atoms with van der Waals surface area (Å²) in [6.07, 6.45) is 1.08. The third-order valence-corrected chi connectivity index (χ3v) is 2.61. The first-order chi connectivity index (χ1) is 7.46. The number of hydrogen-bond donors (Lipinski definition) is 1. The van der Waals surface area contributed by atoms with Crippen LogP contribution < -0.4 is 5.32 Å². The number of nitrogens with one attached hydrogen (secondary N) is 1. The van der Waals surface area contributed by atoms with Crippen molar-refractivity contribution in [1.29, 1.82) is 5.26 Å². The van der Waals surface area contributed by atoms with E-state index in [2.05, 4.69) is 32.2 Å². The Morgan fingerprint density at radius 3 is 2.19 bits per heavy atom. The fourth-order valence-corrected chi connectivity index (χ4v) is 1.79. The molecule has 0 aromatic heterocycles. The molecule has 0 spiro atoms. The second-order valence-corrected chi connectivity index (χ2v) is 5.34. The van der Waals surface area contributed by atoms with Crippen molar-refractivity contribution in [3.63, 3.8) is 0 Å². The summed E-state index contributed by atoms with van der Waals surface area (Å²) in [4.78, 5) is 0. The molecule has 0 radical (unpaired) electrons. The van der Waals surface area contributed by atoms with Crippen LogP contribution in [0.15, 0.2) is 24.3 Å². The van der Waals surface area contributed by atoms with Crippen molar-refractivity contribution in [1.82, 2.24) is 5.32 Å². The number of nitriles is 1. The molecule has 0 saturated heterocycles. The first-order valence-corrected chi connectivity index (χ1v) is 5.63. The molecule has 0 saturated carbocycles. The number of nitrogens with zero attached hydrogens (tertiary/aromatic N) is 1. The predicted molar refractivity (Wildman–Crippen MR) is 67.0 cm³/mol. The van der Waals surface area contributed by atoms with Gasteiger partial charge in [-0.3, -0.25) is 0 Å². The molecule has 16 heavy (non-hydrogen) atoms. The van der Waals surface area contributed by atoms with Gasteiger partial charge in [-0.15, -0.1) is 0 Å². The lowest BCUT2D eigenvalue weighted by molar-refractivity contribution is 0.321. The van der Waals surface area contributed by atoms with Gasteiger partial charge in [-0.05, 0) is 36.6 Å². The van der Waals surface area contributed by atoms with Crippen LogP contribution in [-0.4, -0.2) is 7.05 Å². The van der Waals surface area contributed by atoms with Gasteiger partial charge in [-0.25, -0.2) is 0 Å². The Labute approximate surface area is 98.3 Å². The predicted octanol–water partition coefficient (Wildman–Crippen LogP) is 3.25. The minimum Gasteiger partial charge on any atom is -0.313 e. The Morgan fingerprint density at radius 1 is 1.25 bits per heavy atom. The van der Waals surface area contributed by atoms with E-state index < -0.39 is 0 Å². The standard InChI is InChI=1S/C14H20N2/c1-14(2,3)9-13(16-4)12-7-5-11(10-15)6-8-12/h5-8,13,16H,9H2,1-4H3. The highest BCUT2D eigenvalue weighted by Gasteiger charge is 2.18. The Morgan fingerprint density at radius 2 is 1.81 bits per heavy atom. The monoisotopic (exact) mass is 216 g/mol. The topological polar surface area (TPSA) is 35.8 Å². The molecule has 0 heterocycles. The van der Waals surface area contributed by atoms with E-state index in [1.807, 2.05) is 31.3 Å². The minimum atomic E-state index is 0.293. The van der Waals surface area contributed by atoms with E-state index in [-0.39, 0.29) is 0 Å². The summed E-state index contributed by atoms with van der Waals surface area (Å²) >= 11 is 0. The van der Waals surface area contributed by atoms with Crippen LogP contribution in [0.25, 0.3) is 0 Å². The summed E-state index contributed by atoms with van der Waals surface area (Å²) in [6, 6.07) is 10.3. The highest BCUT2D eigenvalue weighted by molar-refractivity contribution is 5.32. The van der Waals surface area contributed by atoms with E-state index in [0.717, 1.165) is 12.0 Å². The maximum Gasteiger partial charge on any atom is 0.0991 e. The zero-order chi connectivity index (χ0) is 12.2. The van der Waals surface area contributed by atoms with Gasteiger partial charge in [0.2, 0.25) is 0 Å². The molecule has 0 aliphatic heterocycles. The molecule has 0 amide bonds. The molecular formula is C14H20N2. The molecule has 1 aromatic carbocycles. The molecule has 1 unspecified atom stereocenters. The zero-order valence-corrected chi connectivity index (χ0v) is 10.5. The average molecular weight is 216 g/mol. The maximum absolute atomic E-state index is 8.75. The fraction of sp³-hybridized carbons (Fsp3) is 0.500. The number of rotatable bonds is 3. The molecule has 0 aliphatic rings. The summed E-state index contributed by atoms with van der Waals surface area (Å²) in [5, 5.41) is 12.1. The molecule has 2 nitrogen and oxygen atoms in total. The molecule has 1 aromatic rings. The van der Waals surface area contributed by atoms with Crippen molar-refractivity contribution in [3.8, 4) is 6.07 Å². The summed E-state index contributed by atoms with van der Waals surface area (Å²) in [5.41, 5.74) is 2.26. The van der Waals surface area contributed by atoms with Crippen LogP contribution in [-0.2, 0) is 0 Å². The van der Waals surface area contributed by atoms with Crippen molar-refractivity contribution in [3.05, 3.63) is 35.4 Å². The molecule has 86 valence electrons. The largest absolute Gasteiger partial charge is 0.313 e. The molecule has 0 bridgehead atoms. The molecule has 2 heteroatoms. The summed E-state index contributed by atoms with van der Waals surface area (Å²) in [7, 11) is 1.98. The van der Waals surface area contributed by atoms with E-state index >= 15 is 0 Å². The summed E-state index contributed by atoms with van der Waals surface area (Å²) in [5.74, 6) is 0. The Bertz CT molecular complexity index is 365. The molecule has 0 fully saturated rings. The first-order valence-electron chi connectivity index (χ1n) is 5.63. The van der Waals surface area contributed by atoms with Crippen LogP contribution in [0, 0.1) is 16.7 Å². The lowest BCUT2D eigenvalue weighted by Crippen LogP contribution is -2.22. The van der Waals surface area contributed by atoms with Crippen molar-refractivity contribution >= 4 is 0 Å². The highest BCUT2D eigenvalue weighted by Crippen LogP contribution is 2.29. The number of hydrogen-bond acceptors (Lipinski definition) is 2. The Balaban J connectivity index is 2.84. The molecule has 1 rings (SSSR count). The third-order valence-electron chi connectivity index (χ3n) is 2.61. The van der Waals surface area contributed by atoms with E-state index in [1.54, 1.807) is 0 Å². The third kappa shape index (κ3) is 3.67. The van der Waals surface area contributed by atoms with Gasteiger partial charge in [-0.2, -0.15) is 5.26 Å². The average Bonchev–Trinajstić information content (AvgIpc) is 2.25. The van der Waals surface area contributed by atoms with E-state index in [1.165, 1.54) is 5.56 Å². The second kappa shape index (κ2) is 5.14. The van der Waals surface area contributed by atoms with Crippen LogP contribution in [0.4, 0.5) is 0 Å². The van der Waals surface area contributed by atoms with Crippen LogP contribution >= 0.6 is 0 Å². The number of benzene rings is 1. The Hall–Kier alpha value is -1.33. The smallest absolute Gasteiger partial charge is 0.0991 e. The minimum absolute atomic E-state index is 0.293. The summed E-state index contributed by atoms with van der Waals surface area (Å²) < 4.78 is 0. The molecular weight excluding hydrogens is 196 g/mol. The zero-order valence-electron chi connectivity index (χ0n) is 10.5. The van der Waals surface area contributed by atoms with Crippen molar-refractivity contribution in [2.75, 3.05) is 7.05 Å². The van der Waals surface area contributed by atoms with Gasteiger partial charge in [-0.1, -0.05) is 32.9 Å². The quantitative estimate of drug-likeness (QED) is 0.841. The lowest BCUT2D eigenvalue weighted by Gasteiger charge is -2.26.